The van der Waals surface area contributed by atoms with Crippen molar-refractivity contribution >= 4 is 23.0 Å². The number of rotatable bonds is 3. The molecule has 1 aromatic rings. The summed E-state index contributed by atoms with van der Waals surface area (Å²) in [7, 11) is 0. The maximum absolute atomic E-state index is 9.30. The van der Waals surface area contributed by atoms with E-state index in [9.17, 15) is 5.26 Å². The SMILES string of the molecule is C=CN=C(C)C1=C(C)CCN(c2ccc(Cl)cc2C#N)C1. The van der Waals surface area contributed by atoms with Gasteiger partial charge in [0.25, 0.3) is 0 Å². The van der Waals surface area contributed by atoms with Crippen LogP contribution in [0.15, 0.2) is 47.1 Å². The molecule has 4 heteroatoms. The van der Waals surface area contributed by atoms with Crippen molar-refractivity contribution in [2.45, 2.75) is 20.3 Å². The molecule has 0 spiro atoms. The van der Waals surface area contributed by atoms with Gasteiger partial charge >= 0.3 is 0 Å². The van der Waals surface area contributed by atoms with Crippen LogP contribution in [0.25, 0.3) is 0 Å². The molecule has 0 radical (unpaired) electrons. The Balaban J connectivity index is 2.35. The minimum atomic E-state index is 0.587. The second-order valence-corrected chi connectivity index (χ2v) is 5.54. The van der Waals surface area contributed by atoms with Gasteiger partial charge in [0.05, 0.1) is 11.3 Å². The second kappa shape index (κ2) is 6.60. The largest absolute Gasteiger partial charge is 0.366 e. The van der Waals surface area contributed by atoms with Crippen molar-refractivity contribution in [1.82, 2.24) is 0 Å². The molecule has 1 aliphatic rings. The minimum Gasteiger partial charge on any atom is -0.366 e. The molecule has 0 bridgehead atoms. The molecule has 108 valence electrons. The van der Waals surface area contributed by atoms with Gasteiger partial charge in [-0.3, -0.25) is 4.99 Å². The lowest BCUT2D eigenvalue weighted by atomic mass is 9.97. The number of anilines is 1. The summed E-state index contributed by atoms with van der Waals surface area (Å²) in [5.74, 6) is 0. The van der Waals surface area contributed by atoms with Gasteiger partial charge in [0.1, 0.15) is 6.07 Å². The average molecular weight is 300 g/mol. The summed E-state index contributed by atoms with van der Waals surface area (Å²) in [6.07, 6.45) is 2.53. The van der Waals surface area contributed by atoms with Crippen molar-refractivity contribution < 1.29 is 0 Å². The van der Waals surface area contributed by atoms with Crippen molar-refractivity contribution in [3.8, 4) is 6.07 Å². The molecule has 0 amide bonds. The third-order valence-corrected chi connectivity index (χ3v) is 4.00. The van der Waals surface area contributed by atoms with E-state index < -0.39 is 0 Å². The Labute approximate surface area is 130 Å². The molecule has 1 aliphatic heterocycles. The Morgan fingerprint density at radius 3 is 2.95 bits per heavy atom. The van der Waals surface area contributed by atoms with Crippen LogP contribution in [0, 0.1) is 11.3 Å². The minimum absolute atomic E-state index is 0.587. The van der Waals surface area contributed by atoms with E-state index in [-0.39, 0.29) is 0 Å². The normalized spacial score (nSPS) is 15.9. The molecule has 0 saturated carbocycles. The van der Waals surface area contributed by atoms with Crippen molar-refractivity contribution in [1.29, 1.82) is 5.26 Å². The predicted molar refractivity (Wildman–Crippen MR) is 89.0 cm³/mol. The molecule has 3 nitrogen and oxygen atoms in total. The highest BCUT2D eigenvalue weighted by Gasteiger charge is 2.20. The van der Waals surface area contributed by atoms with Crippen molar-refractivity contribution in [3.05, 3.63) is 52.7 Å². The lowest BCUT2D eigenvalue weighted by Crippen LogP contribution is -2.33. The molecule has 0 aliphatic carbocycles. The van der Waals surface area contributed by atoms with Crippen LogP contribution < -0.4 is 4.90 Å². The number of benzene rings is 1. The van der Waals surface area contributed by atoms with E-state index in [1.165, 1.54) is 11.1 Å². The molecule has 0 atom stereocenters. The number of nitrogens with zero attached hydrogens (tertiary/aromatic N) is 3. The first-order chi connectivity index (χ1) is 10.1. The Hall–Kier alpha value is -2.05. The van der Waals surface area contributed by atoms with E-state index in [0.29, 0.717) is 10.6 Å². The van der Waals surface area contributed by atoms with Crippen molar-refractivity contribution in [3.63, 3.8) is 0 Å². The average Bonchev–Trinajstić information content (AvgIpc) is 2.48. The Morgan fingerprint density at radius 2 is 2.29 bits per heavy atom. The van der Waals surface area contributed by atoms with Crippen LogP contribution in [0.5, 0.6) is 0 Å². The van der Waals surface area contributed by atoms with Gasteiger partial charge in [-0.25, -0.2) is 0 Å². The second-order valence-electron chi connectivity index (χ2n) is 5.10. The Morgan fingerprint density at radius 1 is 1.52 bits per heavy atom. The van der Waals surface area contributed by atoms with Crippen molar-refractivity contribution in [2.24, 2.45) is 4.99 Å². The monoisotopic (exact) mass is 299 g/mol. The zero-order chi connectivity index (χ0) is 15.4. The first-order valence-electron chi connectivity index (χ1n) is 6.85. The number of nitriles is 1. The lowest BCUT2D eigenvalue weighted by molar-refractivity contribution is 0.772. The van der Waals surface area contributed by atoms with Gasteiger partial charge in [-0.2, -0.15) is 5.26 Å². The molecule has 1 heterocycles. The van der Waals surface area contributed by atoms with Gasteiger partial charge in [0.15, 0.2) is 0 Å². The third-order valence-electron chi connectivity index (χ3n) is 3.76. The highest BCUT2D eigenvalue weighted by molar-refractivity contribution is 6.30. The predicted octanol–water partition coefficient (Wildman–Crippen LogP) is 4.34. The molecule has 0 aromatic heterocycles. The van der Waals surface area contributed by atoms with Crippen LogP contribution in [0.3, 0.4) is 0 Å². The molecular formula is C17H18ClN3. The maximum Gasteiger partial charge on any atom is 0.101 e. The van der Waals surface area contributed by atoms with Gasteiger partial charge in [-0.15, -0.1) is 0 Å². The summed E-state index contributed by atoms with van der Waals surface area (Å²) in [4.78, 5) is 6.50. The summed E-state index contributed by atoms with van der Waals surface area (Å²) < 4.78 is 0. The van der Waals surface area contributed by atoms with Gasteiger partial charge in [-0.05, 0) is 44.0 Å². The topological polar surface area (TPSA) is 39.4 Å². The smallest absolute Gasteiger partial charge is 0.101 e. The summed E-state index contributed by atoms with van der Waals surface area (Å²) in [5.41, 5.74) is 5.10. The summed E-state index contributed by atoms with van der Waals surface area (Å²) in [6.45, 7) is 9.44. The molecule has 1 aromatic carbocycles. The molecule has 0 saturated heterocycles. The van der Waals surface area contributed by atoms with Crippen LogP contribution >= 0.6 is 11.6 Å². The fourth-order valence-corrected chi connectivity index (χ4v) is 2.75. The zero-order valence-electron chi connectivity index (χ0n) is 12.4. The number of aliphatic imine (C=N–C) groups is 1. The van der Waals surface area contributed by atoms with Gasteiger partial charge in [0, 0.05) is 30.0 Å². The highest BCUT2D eigenvalue weighted by atomic mass is 35.5. The molecule has 21 heavy (non-hydrogen) atoms. The van der Waals surface area contributed by atoms with Crippen molar-refractivity contribution in [2.75, 3.05) is 18.0 Å². The Kier molecular flexibility index (Phi) is 4.82. The van der Waals surface area contributed by atoms with E-state index in [1.54, 1.807) is 12.3 Å². The molecular weight excluding hydrogens is 282 g/mol. The number of halogens is 1. The molecule has 0 N–H and O–H groups in total. The van der Waals surface area contributed by atoms with Gasteiger partial charge in [0.2, 0.25) is 0 Å². The first kappa shape index (κ1) is 15.3. The summed E-state index contributed by atoms with van der Waals surface area (Å²) in [6, 6.07) is 7.68. The highest BCUT2D eigenvalue weighted by Crippen LogP contribution is 2.28. The van der Waals surface area contributed by atoms with Gasteiger partial charge < -0.3 is 4.90 Å². The first-order valence-corrected chi connectivity index (χ1v) is 7.23. The zero-order valence-corrected chi connectivity index (χ0v) is 13.1. The van der Waals surface area contributed by atoms with Crippen LogP contribution in [0.4, 0.5) is 5.69 Å². The maximum atomic E-state index is 9.30. The van der Waals surface area contributed by atoms with Crippen LogP contribution in [0.1, 0.15) is 25.8 Å². The van der Waals surface area contributed by atoms with Crippen LogP contribution in [0.2, 0.25) is 5.02 Å². The standard InChI is InChI=1S/C17H18ClN3/c1-4-20-13(3)16-11-21(8-7-12(16)2)17-6-5-15(18)9-14(17)10-19/h4-6,9H,1,7-8,11H2,2-3H3. The fraction of sp³-hybridized carbons (Fsp3) is 0.294. The van der Waals surface area contributed by atoms with Crippen LogP contribution in [-0.4, -0.2) is 18.8 Å². The molecule has 0 fully saturated rings. The molecule has 0 unspecified atom stereocenters. The quantitative estimate of drug-likeness (QED) is 0.779. The van der Waals surface area contributed by atoms with E-state index in [1.807, 2.05) is 19.1 Å². The lowest BCUT2D eigenvalue weighted by Gasteiger charge is -2.32. The Bertz CT molecular complexity index is 665. The summed E-state index contributed by atoms with van der Waals surface area (Å²) >= 11 is 5.97. The number of hydrogen-bond donors (Lipinski definition) is 0. The fourth-order valence-electron chi connectivity index (χ4n) is 2.58. The number of hydrogen-bond acceptors (Lipinski definition) is 3. The van der Waals surface area contributed by atoms with Crippen LogP contribution in [-0.2, 0) is 0 Å². The van der Waals surface area contributed by atoms with E-state index in [2.05, 4.69) is 29.5 Å². The van der Waals surface area contributed by atoms with E-state index in [0.717, 1.165) is 30.9 Å². The van der Waals surface area contributed by atoms with E-state index >= 15 is 0 Å². The molecule has 2 rings (SSSR count). The third kappa shape index (κ3) is 3.34. The summed E-state index contributed by atoms with van der Waals surface area (Å²) in [5, 5.41) is 9.89. The van der Waals surface area contributed by atoms with Gasteiger partial charge in [-0.1, -0.05) is 23.8 Å². The van der Waals surface area contributed by atoms with E-state index in [4.69, 9.17) is 11.6 Å².